The van der Waals surface area contributed by atoms with Crippen molar-refractivity contribution in [3.8, 4) is 5.75 Å². The number of aromatic amines is 1. The molecule has 19 heavy (non-hydrogen) atoms. The lowest BCUT2D eigenvalue weighted by Crippen LogP contribution is -2.30. The van der Waals surface area contributed by atoms with Gasteiger partial charge in [0, 0.05) is 5.02 Å². The van der Waals surface area contributed by atoms with E-state index in [1.54, 1.807) is 19.1 Å². The Morgan fingerprint density at radius 2 is 2.26 bits per heavy atom. The fourth-order valence-electron chi connectivity index (χ4n) is 1.24. The Balaban J connectivity index is 2.00. The van der Waals surface area contributed by atoms with Crippen LogP contribution in [0.15, 0.2) is 18.2 Å². The number of aromatic nitrogens is 4. The second-order valence-electron chi connectivity index (χ2n) is 3.56. The summed E-state index contributed by atoms with van der Waals surface area (Å²) in [5.41, 5.74) is 0. The minimum absolute atomic E-state index is 0.0719. The number of halogens is 2. The lowest BCUT2D eigenvalue weighted by Gasteiger charge is -2.14. The third-order valence-corrected chi connectivity index (χ3v) is 2.68. The normalized spacial score (nSPS) is 11.9. The van der Waals surface area contributed by atoms with Gasteiger partial charge in [-0.3, -0.25) is 10.1 Å². The zero-order valence-electron chi connectivity index (χ0n) is 9.72. The van der Waals surface area contributed by atoms with Gasteiger partial charge in [-0.15, -0.1) is 5.10 Å². The number of benzene rings is 1. The van der Waals surface area contributed by atoms with Crippen molar-refractivity contribution in [3.05, 3.63) is 28.2 Å². The Morgan fingerprint density at radius 3 is 2.89 bits per heavy atom. The smallest absolute Gasteiger partial charge is 0.269 e. The Bertz CT molecular complexity index is 575. The molecule has 1 heterocycles. The third-order valence-electron chi connectivity index (χ3n) is 2.15. The predicted molar refractivity (Wildman–Crippen MR) is 69.4 cm³/mol. The fraction of sp³-hybridized carbons (Fsp3) is 0.200. The van der Waals surface area contributed by atoms with E-state index in [4.69, 9.17) is 27.9 Å². The van der Waals surface area contributed by atoms with Gasteiger partial charge in [0.1, 0.15) is 5.75 Å². The summed E-state index contributed by atoms with van der Waals surface area (Å²) in [6.07, 6.45) is -0.780. The Kier molecular flexibility index (Phi) is 4.18. The molecule has 0 fully saturated rings. The summed E-state index contributed by atoms with van der Waals surface area (Å²) in [5, 5.41) is 16.0. The van der Waals surface area contributed by atoms with Gasteiger partial charge in [0.2, 0.25) is 0 Å². The Morgan fingerprint density at radius 1 is 1.47 bits per heavy atom. The highest BCUT2D eigenvalue weighted by atomic mass is 35.5. The van der Waals surface area contributed by atoms with Crippen molar-refractivity contribution >= 4 is 35.1 Å². The predicted octanol–water partition coefficient (Wildman–Crippen LogP) is 1.91. The molecule has 0 aliphatic carbocycles. The van der Waals surface area contributed by atoms with E-state index >= 15 is 0 Å². The van der Waals surface area contributed by atoms with Crippen LogP contribution in [-0.2, 0) is 4.79 Å². The topological polar surface area (TPSA) is 92.8 Å². The van der Waals surface area contributed by atoms with Crippen LogP contribution in [-0.4, -0.2) is 32.6 Å². The molecule has 1 aromatic heterocycles. The van der Waals surface area contributed by atoms with E-state index in [1.165, 1.54) is 6.07 Å². The number of anilines is 1. The number of rotatable bonds is 4. The molecule has 1 atom stereocenters. The molecular weight excluding hydrogens is 293 g/mol. The maximum absolute atomic E-state index is 11.8. The van der Waals surface area contributed by atoms with Gasteiger partial charge in [0.15, 0.2) is 6.10 Å². The average molecular weight is 302 g/mol. The van der Waals surface area contributed by atoms with E-state index in [0.29, 0.717) is 15.8 Å². The van der Waals surface area contributed by atoms with Crippen LogP contribution in [0.4, 0.5) is 5.95 Å². The molecule has 0 spiro atoms. The monoisotopic (exact) mass is 301 g/mol. The number of hydrogen-bond acceptors (Lipinski definition) is 5. The average Bonchev–Trinajstić information content (AvgIpc) is 2.85. The first kappa shape index (κ1) is 13.6. The van der Waals surface area contributed by atoms with Crippen molar-refractivity contribution < 1.29 is 9.53 Å². The summed E-state index contributed by atoms with van der Waals surface area (Å²) < 4.78 is 5.42. The van der Waals surface area contributed by atoms with Crippen molar-refractivity contribution in [2.45, 2.75) is 13.0 Å². The molecule has 9 heteroatoms. The van der Waals surface area contributed by atoms with E-state index < -0.39 is 12.0 Å². The summed E-state index contributed by atoms with van der Waals surface area (Å²) in [5.74, 6) is 0.0110. The number of carbonyl (C=O) groups excluding carboxylic acids is 1. The molecule has 2 N–H and O–H groups in total. The van der Waals surface area contributed by atoms with Crippen LogP contribution in [0.5, 0.6) is 5.75 Å². The molecule has 100 valence electrons. The van der Waals surface area contributed by atoms with E-state index in [9.17, 15) is 4.79 Å². The molecule has 2 rings (SSSR count). The lowest BCUT2D eigenvalue weighted by molar-refractivity contribution is -0.122. The van der Waals surface area contributed by atoms with E-state index in [0.717, 1.165) is 0 Å². The molecular formula is C10H9Cl2N5O2. The molecule has 1 aromatic carbocycles. The number of carbonyl (C=O) groups is 1. The van der Waals surface area contributed by atoms with Gasteiger partial charge in [-0.2, -0.15) is 5.21 Å². The van der Waals surface area contributed by atoms with E-state index in [1.807, 2.05) is 0 Å². The molecule has 7 nitrogen and oxygen atoms in total. The van der Waals surface area contributed by atoms with Crippen molar-refractivity contribution in [2.75, 3.05) is 5.32 Å². The van der Waals surface area contributed by atoms with Crippen LogP contribution in [0, 0.1) is 0 Å². The van der Waals surface area contributed by atoms with E-state index in [2.05, 4.69) is 25.9 Å². The summed E-state index contributed by atoms with van der Waals surface area (Å²) >= 11 is 11.7. The largest absolute Gasteiger partial charge is 0.479 e. The van der Waals surface area contributed by atoms with Crippen LogP contribution in [0.2, 0.25) is 10.0 Å². The van der Waals surface area contributed by atoms with Crippen molar-refractivity contribution in [3.63, 3.8) is 0 Å². The quantitative estimate of drug-likeness (QED) is 0.900. The number of amides is 1. The standard InChI is InChI=1S/C10H9Cl2N5O2/c1-5(9(18)13-10-14-16-17-15-10)19-8-3-2-6(11)4-7(8)12/h2-5H,1H3,(H2,13,14,15,16,17,18)/t5-/m0/s1. The second-order valence-corrected chi connectivity index (χ2v) is 4.40. The SMILES string of the molecule is C[C@H](Oc1ccc(Cl)cc1Cl)C(=O)Nc1nn[nH]n1. The number of nitrogens with zero attached hydrogens (tertiary/aromatic N) is 3. The summed E-state index contributed by atoms with van der Waals surface area (Å²) in [6.45, 7) is 1.57. The zero-order valence-corrected chi connectivity index (χ0v) is 11.2. The fourth-order valence-corrected chi connectivity index (χ4v) is 1.69. The number of tetrazole rings is 1. The van der Waals surface area contributed by atoms with E-state index in [-0.39, 0.29) is 5.95 Å². The van der Waals surface area contributed by atoms with Crippen molar-refractivity contribution in [2.24, 2.45) is 0 Å². The van der Waals surface area contributed by atoms with Crippen LogP contribution in [0.1, 0.15) is 6.92 Å². The Labute approximate surface area is 118 Å². The van der Waals surface area contributed by atoms with Gasteiger partial charge in [-0.05, 0) is 30.3 Å². The van der Waals surface area contributed by atoms with Gasteiger partial charge in [0.05, 0.1) is 5.02 Å². The lowest BCUT2D eigenvalue weighted by atomic mass is 10.3. The highest BCUT2D eigenvalue weighted by molar-refractivity contribution is 6.35. The molecule has 0 unspecified atom stereocenters. The first-order valence-electron chi connectivity index (χ1n) is 5.22. The molecule has 0 aliphatic heterocycles. The molecule has 1 amide bonds. The summed E-state index contributed by atoms with van der Waals surface area (Å²) in [6, 6.07) is 4.73. The highest BCUT2D eigenvalue weighted by Gasteiger charge is 2.17. The van der Waals surface area contributed by atoms with Gasteiger partial charge in [-0.1, -0.05) is 28.3 Å². The maximum Gasteiger partial charge on any atom is 0.269 e. The maximum atomic E-state index is 11.8. The first-order valence-corrected chi connectivity index (χ1v) is 5.98. The molecule has 0 radical (unpaired) electrons. The van der Waals surface area contributed by atoms with Crippen LogP contribution in [0.3, 0.4) is 0 Å². The minimum atomic E-state index is -0.780. The number of H-pyrrole nitrogens is 1. The number of hydrogen-bond donors (Lipinski definition) is 2. The van der Waals surface area contributed by atoms with Crippen molar-refractivity contribution in [1.29, 1.82) is 0 Å². The van der Waals surface area contributed by atoms with Crippen LogP contribution < -0.4 is 10.1 Å². The van der Waals surface area contributed by atoms with Gasteiger partial charge in [0.25, 0.3) is 11.9 Å². The minimum Gasteiger partial charge on any atom is -0.479 e. The number of nitrogens with one attached hydrogen (secondary N) is 2. The summed E-state index contributed by atoms with van der Waals surface area (Å²) in [4.78, 5) is 11.8. The molecule has 0 saturated carbocycles. The summed E-state index contributed by atoms with van der Waals surface area (Å²) in [7, 11) is 0. The van der Waals surface area contributed by atoms with Gasteiger partial charge >= 0.3 is 0 Å². The molecule has 0 saturated heterocycles. The first-order chi connectivity index (χ1) is 9.06. The van der Waals surface area contributed by atoms with Gasteiger partial charge in [-0.25, -0.2) is 0 Å². The van der Waals surface area contributed by atoms with Gasteiger partial charge < -0.3 is 4.74 Å². The van der Waals surface area contributed by atoms with Crippen molar-refractivity contribution in [1.82, 2.24) is 20.6 Å². The highest BCUT2D eigenvalue weighted by Crippen LogP contribution is 2.28. The molecule has 0 aliphatic rings. The third kappa shape index (κ3) is 3.55. The van der Waals surface area contributed by atoms with Crippen LogP contribution >= 0.6 is 23.2 Å². The van der Waals surface area contributed by atoms with Crippen LogP contribution in [0.25, 0.3) is 0 Å². The molecule has 2 aromatic rings. The molecule has 0 bridgehead atoms. The Hall–Kier alpha value is -1.86. The second kappa shape index (κ2) is 5.85. The number of ether oxygens (including phenoxy) is 1. The zero-order chi connectivity index (χ0) is 13.8.